The molecule has 0 aliphatic carbocycles. The average molecular weight is 349 g/mol. The van der Waals surface area contributed by atoms with Gasteiger partial charge in [-0.1, -0.05) is 0 Å². The summed E-state index contributed by atoms with van der Waals surface area (Å²) in [6.07, 6.45) is 2.10. The molecule has 0 atom stereocenters. The molecule has 0 saturated heterocycles. The van der Waals surface area contributed by atoms with Gasteiger partial charge in [0, 0.05) is 23.5 Å². The van der Waals surface area contributed by atoms with Crippen LogP contribution in [0.3, 0.4) is 0 Å². The van der Waals surface area contributed by atoms with Crippen molar-refractivity contribution in [2.75, 3.05) is 17.2 Å². The highest BCUT2D eigenvalue weighted by atomic mass is 79.9. The van der Waals surface area contributed by atoms with Crippen LogP contribution in [-0.4, -0.2) is 12.5 Å². The van der Waals surface area contributed by atoms with Crippen LogP contribution < -0.4 is 10.6 Å². The summed E-state index contributed by atoms with van der Waals surface area (Å²) in [6.45, 7) is 0.988. The van der Waals surface area contributed by atoms with Gasteiger partial charge in [-0.2, -0.15) is 0 Å². The number of hydrogen-bond acceptors (Lipinski definition) is 2. The van der Waals surface area contributed by atoms with Gasteiger partial charge in [0.05, 0.1) is 4.47 Å². The summed E-state index contributed by atoms with van der Waals surface area (Å²) in [5.41, 5.74) is 3.50. The number of hydrogen-bond donors (Lipinski definition) is 2. The van der Waals surface area contributed by atoms with E-state index in [2.05, 4.69) is 26.6 Å². The molecule has 0 fully saturated rings. The van der Waals surface area contributed by atoms with E-state index in [1.54, 1.807) is 0 Å². The zero-order valence-electron chi connectivity index (χ0n) is 11.2. The normalized spacial score (nSPS) is 13.2. The van der Waals surface area contributed by atoms with Crippen molar-refractivity contribution in [3.63, 3.8) is 0 Å². The van der Waals surface area contributed by atoms with Crippen molar-refractivity contribution < 1.29 is 9.18 Å². The quantitative estimate of drug-likeness (QED) is 0.853. The standard InChI is InChI=1S/C16H14BrFN2O/c17-13-9-11(3-5-14(13)18)16(21)20-12-4-6-15-10(8-12)2-1-7-19-15/h3-6,8-9,19H,1-2,7H2,(H,20,21). The lowest BCUT2D eigenvalue weighted by Gasteiger charge is -2.18. The largest absolute Gasteiger partial charge is 0.385 e. The molecule has 2 aromatic rings. The Bertz CT molecular complexity index is 703. The third-order valence-corrected chi connectivity index (χ3v) is 4.09. The first kappa shape index (κ1) is 14.1. The van der Waals surface area contributed by atoms with E-state index in [1.165, 1.54) is 23.8 Å². The first-order chi connectivity index (χ1) is 10.1. The average Bonchev–Trinajstić information content (AvgIpc) is 2.50. The summed E-state index contributed by atoms with van der Waals surface area (Å²) in [4.78, 5) is 12.2. The molecule has 5 heteroatoms. The van der Waals surface area contributed by atoms with Gasteiger partial charge in [0.25, 0.3) is 5.91 Å². The number of benzene rings is 2. The maximum absolute atomic E-state index is 13.2. The van der Waals surface area contributed by atoms with Gasteiger partial charge in [0.15, 0.2) is 0 Å². The highest BCUT2D eigenvalue weighted by Crippen LogP contribution is 2.25. The van der Waals surface area contributed by atoms with Crippen molar-refractivity contribution in [1.29, 1.82) is 0 Å². The van der Waals surface area contributed by atoms with Crippen molar-refractivity contribution in [2.45, 2.75) is 12.8 Å². The second kappa shape index (κ2) is 5.85. The zero-order chi connectivity index (χ0) is 14.8. The first-order valence-electron chi connectivity index (χ1n) is 6.77. The number of rotatable bonds is 2. The van der Waals surface area contributed by atoms with E-state index in [9.17, 15) is 9.18 Å². The predicted molar refractivity (Wildman–Crippen MR) is 85.3 cm³/mol. The Morgan fingerprint density at radius 3 is 2.90 bits per heavy atom. The Balaban J connectivity index is 1.79. The maximum Gasteiger partial charge on any atom is 0.255 e. The fourth-order valence-corrected chi connectivity index (χ4v) is 2.77. The number of aryl methyl sites for hydroxylation is 1. The minimum atomic E-state index is -0.383. The van der Waals surface area contributed by atoms with Crippen molar-refractivity contribution in [2.24, 2.45) is 0 Å². The maximum atomic E-state index is 13.2. The van der Waals surface area contributed by atoms with Crippen LogP contribution in [0.15, 0.2) is 40.9 Å². The second-order valence-corrected chi connectivity index (χ2v) is 5.84. The van der Waals surface area contributed by atoms with E-state index >= 15 is 0 Å². The Morgan fingerprint density at radius 1 is 1.24 bits per heavy atom. The fraction of sp³-hybridized carbons (Fsp3) is 0.188. The number of nitrogens with one attached hydrogen (secondary N) is 2. The summed E-state index contributed by atoms with van der Waals surface area (Å²) < 4.78 is 13.5. The van der Waals surface area contributed by atoms with E-state index in [1.807, 2.05) is 18.2 Å². The molecule has 0 saturated carbocycles. The fourth-order valence-electron chi connectivity index (χ4n) is 2.39. The Kier molecular flexibility index (Phi) is 3.92. The third kappa shape index (κ3) is 3.08. The molecule has 1 aliphatic rings. The minimum Gasteiger partial charge on any atom is -0.385 e. The minimum absolute atomic E-state index is 0.251. The van der Waals surface area contributed by atoms with Crippen LogP contribution in [0.5, 0.6) is 0 Å². The van der Waals surface area contributed by atoms with Crippen LogP contribution in [0, 0.1) is 5.82 Å². The number of carbonyl (C=O) groups excluding carboxylic acids is 1. The number of anilines is 2. The smallest absolute Gasteiger partial charge is 0.255 e. The summed E-state index contributed by atoms with van der Waals surface area (Å²) in [5, 5.41) is 6.17. The molecule has 21 heavy (non-hydrogen) atoms. The number of halogens is 2. The van der Waals surface area contributed by atoms with Gasteiger partial charge in [0.2, 0.25) is 0 Å². The van der Waals surface area contributed by atoms with Crippen molar-refractivity contribution in [3.05, 3.63) is 57.8 Å². The van der Waals surface area contributed by atoms with Gasteiger partial charge in [-0.05, 0) is 70.7 Å². The summed E-state index contributed by atoms with van der Waals surface area (Å²) in [5.74, 6) is -0.633. The van der Waals surface area contributed by atoms with Gasteiger partial charge in [0.1, 0.15) is 5.82 Å². The Labute approximate surface area is 130 Å². The van der Waals surface area contributed by atoms with Crippen molar-refractivity contribution >= 4 is 33.2 Å². The monoisotopic (exact) mass is 348 g/mol. The number of fused-ring (bicyclic) bond motifs is 1. The molecular formula is C16H14BrFN2O. The highest BCUT2D eigenvalue weighted by molar-refractivity contribution is 9.10. The van der Waals surface area contributed by atoms with Gasteiger partial charge in [-0.25, -0.2) is 4.39 Å². The highest BCUT2D eigenvalue weighted by Gasteiger charge is 2.12. The topological polar surface area (TPSA) is 41.1 Å². The second-order valence-electron chi connectivity index (χ2n) is 4.99. The van der Waals surface area contributed by atoms with E-state index < -0.39 is 0 Å². The summed E-state index contributed by atoms with van der Waals surface area (Å²) >= 11 is 3.09. The summed E-state index contributed by atoms with van der Waals surface area (Å²) in [7, 11) is 0. The van der Waals surface area contributed by atoms with Gasteiger partial charge >= 0.3 is 0 Å². The van der Waals surface area contributed by atoms with Crippen LogP contribution in [0.25, 0.3) is 0 Å². The van der Waals surface area contributed by atoms with Crippen molar-refractivity contribution in [1.82, 2.24) is 0 Å². The molecule has 1 heterocycles. The molecule has 0 spiro atoms. The molecule has 2 N–H and O–H groups in total. The Hall–Kier alpha value is -1.88. The zero-order valence-corrected chi connectivity index (χ0v) is 12.8. The predicted octanol–water partition coefficient (Wildman–Crippen LogP) is 4.20. The lowest BCUT2D eigenvalue weighted by atomic mass is 10.0. The van der Waals surface area contributed by atoms with Gasteiger partial charge in [-0.3, -0.25) is 4.79 Å². The van der Waals surface area contributed by atoms with E-state index in [0.29, 0.717) is 5.56 Å². The SMILES string of the molecule is O=C(Nc1ccc2c(c1)CCCN2)c1ccc(F)c(Br)c1. The molecule has 108 valence electrons. The van der Waals surface area contributed by atoms with Crippen LogP contribution in [0.4, 0.5) is 15.8 Å². The lowest BCUT2D eigenvalue weighted by Crippen LogP contribution is -2.14. The van der Waals surface area contributed by atoms with Gasteiger partial charge < -0.3 is 10.6 Å². The van der Waals surface area contributed by atoms with Crippen LogP contribution in [0.2, 0.25) is 0 Å². The molecule has 0 radical (unpaired) electrons. The molecule has 2 aromatic carbocycles. The lowest BCUT2D eigenvalue weighted by molar-refractivity contribution is 0.102. The summed E-state index contributed by atoms with van der Waals surface area (Å²) in [6, 6.07) is 10.0. The van der Waals surface area contributed by atoms with E-state index in [-0.39, 0.29) is 16.2 Å². The Morgan fingerprint density at radius 2 is 2.10 bits per heavy atom. The van der Waals surface area contributed by atoms with E-state index in [4.69, 9.17) is 0 Å². The molecule has 3 rings (SSSR count). The van der Waals surface area contributed by atoms with Crippen molar-refractivity contribution in [3.8, 4) is 0 Å². The molecule has 1 amide bonds. The third-order valence-electron chi connectivity index (χ3n) is 3.48. The van der Waals surface area contributed by atoms with Crippen LogP contribution >= 0.6 is 15.9 Å². The van der Waals surface area contributed by atoms with Crippen LogP contribution in [0.1, 0.15) is 22.3 Å². The molecule has 0 bridgehead atoms. The molecule has 3 nitrogen and oxygen atoms in total. The molecule has 0 unspecified atom stereocenters. The van der Waals surface area contributed by atoms with E-state index in [0.717, 1.165) is 30.8 Å². The number of amides is 1. The molecule has 1 aliphatic heterocycles. The van der Waals surface area contributed by atoms with Gasteiger partial charge in [-0.15, -0.1) is 0 Å². The number of carbonyl (C=O) groups is 1. The molecule has 0 aromatic heterocycles. The first-order valence-corrected chi connectivity index (χ1v) is 7.56. The molecular weight excluding hydrogens is 335 g/mol. The van der Waals surface area contributed by atoms with Crippen LogP contribution in [-0.2, 0) is 6.42 Å².